The Balaban J connectivity index is 1.62. The minimum absolute atomic E-state index is 0.0127. The maximum absolute atomic E-state index is 12.8. The number of benzene rings is 3. The largest absolute Gasteiger partial charge is 0.503 e. The van der Waals surface area contributed by atoms with Crippen molar-refractivity contribution < 1.29 is 14.6 Å². The summed E-state index contributed by atoms with van der Waals surface area (Å²) in [6.45, 7) is -0.0127. The molecular formula is C23H18BrN3O4. The number of ether oxygens (including phenoxy) is 1. The van der Waals surface area contributed by atoms with Gasteiger partial charge < -0.3 is 14.4 Å². The summed E-state index contributed by atoms with van der Waals surface area (Å²) >= 11 is 3.25. The molecule has 0 spiro atoms. The molecular weight excluding hydrogens is 462 g/mol. The SMILES string of the molecule is COc1cc(/C=N/NC(=O)Cn2c3ccccc3c(=O)c3ccccc32)cc(Br)c1O. The molecule has 0 aliphatic heterocycles. The van der Waals surface area contributed by atoms with Crippen LogP contribution >= 0.6 is 15.9 Å². The van der Waals surface area contributed by atoms with Crippen LogP contribution in [0.1, 0.15) is 5.56 Å². The molecule has 3 aromatic carbocycles. The fourth-order valence-corrected chi connectivity index (χ4v) is 3.89. The molecule has 0 bridgehead atoms. The zero-order valence-corrected chi connectivity index (χ0v) is 18.1. The molecule has 4 rings (SSSR count). The van der Waals surface area contributed by atoms with Gasteiger partial charge in [0.1, 0.15) is 6.54 Å². The maximum atomic E-state index is 12.8. The van der Waals surface area contributed by atoms with Crippen LogP contribution in [-0.4, -0.2) is 28.9 Å². The number of halogens is 1. The number of aromatic hydroxyl groups is 1. The molecule has 0 aliphatic rings. The smallest absolute Gasteiger partial charge is 0.260 e. The highest BCUT2D eigenvalue weighted by Crippen LogP contribution is 2.34. The quantitative estimate of drug-likeness (QED) is 0.258. The number of carbonyl (C=O) groups excluding carboxylic acids is 1. The number of pyridine rings is 1. The number of phenols is 1. The van der Waals surface area contributed by atoms with E-state index in [9.17, 15) is 14.7 Å². The van der Waals surface area contributed by atoms with Crippen molar-refractivity contribution in [3.8, 4) is 11.5 Å². The Labute approximate surface area is 185 Å². The molecule has 1 amide bonds. The molecule has 0 atom stereocenters. The number of hydrazone groups is 1. The third kappa shape index (κ3) is 4.02. The van der Waals surface area contributed by atoms with E-state index in [1.165, 1.54) is 13.3 Å². The number of hydrogen-bond donors (Lipinski definition) is 2. The van der Waals surface area contributed by atoms with Gasteiger partial charge in [-0.15, -0.1) is 0 Å². The first-order valence-electron chi connectivity index (χ1n) is 9.38. The second-order valence-corrected chi connectivity index (χ2v) is 7.65. The molecule has 8 heteroatoms. The molecule has 0 saturated carbocycles. The van der Waals surface area contributed by atoms with Gasteiger partial charge in [0.2, 0.25) is 0 Å². The number of rotatable bonds is 5. The van der Waals surface area contributed by atoms with Gasteiger partial charge in [0.05, 0.1) is 28.8 Å². The summed E-state index contributed by atoms with van der Waals surface area (Å²) in [7, 11) is 1.45. The van der Waals surface area contributed by atoms with E-state index in [2.05, 4.69) is 26.5 Å². The van der Waals surface area contributed by atoms with Crippen LogP contribution in [0.15, 0.2) is 75.0 Å². The van der Waals surface area contributed by atoms with Gasteiger partial charge in [-0.2, -0.15) is 5.10 Å². The molecule has 156 valence electrons. The third-order valence-electron chi connectivity index (χ3n) is 4.85. The molecule has 0 radical (unpaired) electrons. The first-order valence-corrected chi connectivity index (χ1v) is 10.2. The highest BCUT2D eigenvalue weighted by molar-refractivity contribution is 9.10. The van der Waals surface area contributed by atoms with E-state index in [0.717, 1.165) is 0 Å². The van der Waals surface area contributed by atoms with Crippen molar-refractivity contribution in [2.24, 2.45) is 5.10 Å². The summed E-state index contributed by atoms with van der Waals surface area (Å²) in [6.07, 6.45) is 1.45. The predicted octanol–water partition coefficient (Wildman–Crippen LogP) is 3.78. The van der Waals surface area contributed by atoms with Crippen molar-refractivity contribution in [1.82, 2.24) is 9.99 Å². The van der Waals surface area contributed by atoms with Gasteiger partial charge in [-0.1, -0.05) is 24.3 Å². The number of fused-ring (bicyclic) bond motifs is 2. The molecule has 2 N–H and O–H groups in total. The van der Waals surface area contributed by atoms with Crippen molar-refractivity contribution in [2.45, 2.75) is 6.54 Å². The lowest BCUT2D eigenvalue weighted by Crippen LogP contribution is -2.25. The van der Waals surface area contributed by atoms with Gasteiger partial charge in [0.15, 0.2) is 16.9 Å². The number of nitrogens with zero attached hydrogens (tertiary/aromatic N) is 2. The summed E-state index contributed by atoms with van der Waals surface area (Å²) < 4.78 is 7.36. The van der Waals surface area contributed by atoms with Gasteiger partial charge in [-0.25, -0.2) is 5.43 Å². The lowest BCUT2D eigenvalue weighted by Gasteiger charge is -2.14. The molecule has 1 heterocycles. The lowest BCUT2D eigenvalue weighted by molar-refractivity contribution is -0.121. The Kier molecular flexibility index (Phi) is 5.73. The second kappa shape index (κ2) is 8.61. The van der Waals surface area contributed by atoms with E-state index in [1.807, 2.05) is 24.3 Å². The average molecular weight is 480 g/mol. The number of phenolic OH excluding ortho intramolecular Hbond substituents is 1. The normalized spacial score (nSPS) is 11.3. The van der Waals surface area contributed by atoms with Crippen LogP contribution < -0.4 is 15.6 Å². The highest BCUT2D eigenvalue weighted by Gasteiger charge is 2.12. The number of carbonyl (C=O) groups is 1. The summed E-state index contributed by atoms with van der Waals surface area (Å²) in [5.74, 6) is -0.0750. The molecule has 0 fully saturated rings. The third-order valence-corrected chi connectivity index (χ3v) is 5.46. The van der Waals surface area contributed by atoms with Crippen molar-refractivity contribution in [3.05, 3.63) is 80.9 Å². The van der Waals surface area contributed by atoms with Gasteiger partial charge in [0, 0.05) is 10.8 Å². The number of amides is 1. The van der Waals surface area contributed by atoms with E-state index in [1.54, 1.807) is 41.0 Å². The Hall–Kier alpha value is -3.65. The van der Waals surface area contributed by atoms with E-state index >= 15 is 0 Å². The van der Waals surface area contributed by atoms with Crippen LogP contribution in [0.3, 0.4) is 0 Å². The Morgan fingerprint density at radius 1 is 1.13 bits per heavy atom. The standard InChI is InChI=1S/C23H18BrN3O4/c1-31-20-11-14(10-17(24)23(20)30)12-25-26-21(28)13-27-18-8-4-2-6-15(18)22(29)16-7-3-5-9-19(16)27/h2-12,30H,13H2,1H3,(H,26,28)/b25-12+. The van der Waals surface area contributed by atoms with Gasteiger partial charge in [0.25, 0.3) is 5.91 Å². The van der Waals surface area contributed by atoms with E-state index < -0.39 is 0 Å². The first kappa shape index (κ1) is 20.6. The molecule has 4 aromatic rings. The number of para-hydroxylation sites is 2. The molecule has 0 unspecified atom stereocenters. The van der Waals surface area contributed by atoms with Crippen LogP contribution in [0, 0.1) is 0 Å². The number of nitrogens with one attached hydrogen (secondary N) is 1. The minimum atomic E-state index is -0.347. The zero-order chi connectivity index (χ0) is 22.0. The van der Waals surface area contributed by atoms with E-state index in [4.69, 9.17) is 4.74 Å². The van der Waals surface area contributed by atoms with Crippen LogP contribution in [0.5, 0.6) is 11.5 Å². The lowest BCUT2D eigenvalue weighted by atomic mass is 10.1. The van der Waals surface area contributed by atoms with E-state index in [0.29, 0.717) is 31.8 Å². The summed E-state index contributed by atoms with van der Waals surface area (Å²) in [5, 5.41) is 15.0. The Bertz CT molecular complexity index is 1340. The van der Waals surface area contributed by atoms with Crippen molar-refractivity contribution >= 4 is 49.9 Å². The van der Waals surface area contributed by atoms with E-state index in [-0.39, 0.29) is 29.4 Å². The number of aromatic nitrogens is 1. The van der Waals surface area contributed by atoms with Crippen molar-refractivity contribution in [2.75, 3.05) is 7.11 Å². The van der Waals surface area contributed by atoms with Gasteiger partial charge in [-0.3, -0.25) is 9.59 Å². The first-order chi connectivity index (χ1) is 15.0. The Morgan fingerprint density at radius 3 is 2.35 bits per heavy atom. The average Bonchev–Trinajstić information content (AvgIpc) is 2.79. The van der Waals surface area contributed by atoms with Crippen molar-refractivity contribution in [3.63, 3.8) is 0 Å². The second-order valence-electron chi connectivity index (χ2n) is 6.80. The summed E-state index contributed by atoms with van der Waals surface area (Å²) in [5.41, 5.74) is 4.43. The molecule has 1 aromatic heterocycles. The summed E-state index contributed by atoms with van der Waals surface area (Å²) in [6, 6.07) is 17.7. The van der Waals surface area contributed by atoms with Gasteiger partial charge >= 0.3 is 0 Å². The van der Waals surface area contributed by atoms with Gasteiger partial charge in [-0.05, 0) is 57.9 Å². The number of methoxy groups -OCH3 is 1. The fraction of sp³-hybridized carbons (Fsp3) is 0.0870. The van der Waals surface area contributed by atoms with Crippen LogP contribution in [-0.2, 0) is 11.3 Å². The van der Waals surface area contributed by atoms with Crippen LogP contribution in [0.2, 0.25) is 0 Å². The zero-order valence-electron chi connectivity index (χ0n) is 16.5. The molecule has 0 aliphatic carbocycles. The molecule has 7 nitrogen and oxygen atoms in total. The predicted molar refractivity (Wildman–Crippen MR) is 124 cm³/mol. The summed E-state index contributed by atoms with van der Waals surface area (Å²) in [4.78, 5) is 25.4. The van der Waals surface area contributed by atoms with Crippen molar-refractivity contribution in [1.29, 1.82) is 0 Å². The molecule has 31 heavy (non-hydrogen) atoms. The Morgan fingerprint density at radius 2 is 1.74 bits per heavy atom. The molecule has 0 saturated heterocycles. The highest BCUT2D eigenvalue weighted by atomic mass is 79.9. The van der Waals surface area contributed by atoms with Crippen LogP contribution in [0.4, 0.5) is 0 Å². The topological polar surface area (TPSA) is 92.9 Å². The fourth-order valence-electron chi connectivity index (χ4n) is 3.43. The minimum Gasteiger partial charge on any atom is -0.503 e. The maximum Gasteiger partial charge on any atom is 0.260 e. The van der Waals surface area contributed by atoms with Crippen LogP contribution in [0.25, 0.3) is 21.8 Å². The monoisotopic (exact) mass is 479 g/mol. The number of hydrogen-bond acceptors (Lipinski definition) is 5.